The number of piperazine rings is 1. The predicted molar refractivity (Wildman–Crippen MR) is 65.7 cm³/mol. The summed E-state index contributed by atoms with van der Waals surface area (Å²) in [7, 11) is 0. The van der Waals surface area contributed by atoms with E-state index >= 15 is 0 Å². The summed E-state index contributed by atoms with van der Waals surface area (Å²) >= 11 is 0. The van der Waals surface area contributed by atoms with Gasteiger partial charge in [0, 0.05) is 19.6 Å². The van der Waals surface area contributed by atoms with Crippen LogP contribution in [0.3, 0.4) is 0 Å². The first-order chi connectivity index (χ1) is 8.74. The second-order valence-electron chi connectivity index (χ2n) is 4.33. The van der Waals surface area contributed by atoms with Gasteiger partial charge in [-0.3, -0.25) is 9.69 Å². The molecule has 94 valence electrons. The molecule has 1 fully saturated rings. The highest BCUT2D eigenvalue weighted by atomic mass is 16.2. The third-order valence-corrected chi connectivity index (χ3v) is 3.06. The zero-order valence-electron chi connectivity index (χ0n) is 9.83. The van der Waals surface area contributed by atoms with Crippen LogP contribution in [-0.2, 0) is 11.3 Å². The standard InChI is InChI=1S/C11H14N6O/c12-11-9-2-1-8(17(9)15-7-14-11)5-16-4-3-13-10(18)6-16/h1-2,7H,3-6H2,(H,13,18)(H2,12,14,15). The molecule has 0 aromatic carbocycles. The third kappa shape index (κ3) is 1.88. The monoisotopic (exact) mass is 246 g/mol. The predicted octanol–water partition coefficient (Wildman–Crippen LogP) is -0.757. The van der Waals surface area contributed by atoms with Gasteiger partial charge in [-0.15, -0.1) is 0 Å². The number of carbonyl (C=O) groups is 1. The summed E-state index contributed by atoms with van der Waals surface area (Å²) in [4.78, 5) is 17.3. The van der Waals surface area contributed by atoms with Gasteiger partial charge in [0.25, 0.3) is 0 Å². The van der Waals surface area contributed by atoms with Crippen molar-refractivity contribution in [2.75, 3.05) is 25.4 Å². The van der Waals surface area contributed by atoms with Crippen molar-refractivity contribution in [1.29, 1.82) is 0 Å². The Morgan fingerprint density at radius 3 is 3.17 bits per heavy atom. The minimum atomic E-state index is 0.0660. The number of amides is 1. The highest BCUT2D eigenvalue weighted by Gasteiger charge is 2.17. The SMILES string of the molecule is Nc1ncnn2c(CN3CCNC(=O)C3)ccc12. The Kier molecular flexibility index (Phi) is 2.60. The molecule has 3 rings (SSSR count). The molecule has 1 amide bonds. The summed E-state index contributed by atoms with van der Waals surface area (Å²) in [5, 5.41) is 6.99. The number of hydrogen-bond acceptors (Lipinski definition) is 5. The van der Waals surface area contributed by atoms with Crippen LogP contribution in [0.5, 0.6) is 0 Å². The van der Waals surface area contributed by atoms with E-state index in [1.165, 1.54) is 6.33 Å². The molecule has 3 N–H and O–H groups in total. The average Bonchev–Trinajstić information content (AvgIpc) is 2.74. The second-order valence-corrected chi connectivity index (χ2v) is 4.33. The normalized spacial score (nSPS) is 17.0. The number of nitrogen functional groups attached to an aromatic ring is 1. The molecule has 18 heavy (non-hydrogen) atoms. The average molecular weight is 246 g/mol. The van der Waals surface area contributed by atoms with E-state index in [0.29, 0.717) is 25.5 Å². The number of rotatable bonds is 2. The van der Waals surface area contributed by atoms with Crippen LogP contribution in [0.2, 0.25) is 0 Å². The number of anilines is 1. The molecule has 1 aliphatic heterocycles. The molecule has 0 unspecified atom stereocenters. The molecule has 2 aromatic heterocycles. The van der Waals surface area contributed by atoms with Crippen molar-refractivity contribution in [3.63, 3.8) is 0 Å². The van der Waals surface area contributed by atoms with E-state index in [0.717, 1.165) is 17.8 Å². The lowest BCUT2D eigenvalue weighted by atomic mass is 10.3. The molecule has 0 spiro atoms. The van der Waals surface area contributed by atoms with Crippen molar-refractivity contribution >= 4 is 17.2 Å². The van der Waals surface area contributed by atoms with Crippen molar-refractivity contribution in [3.8, 4) is 0 Å². The van der Waals surface area contributed by atoms with Gasteiger partial charge in [0.05, 0.1) is 12.2 Å². The first kappa shape index (κ1) is 11.0. The molecular formula is C11H14N6O. The molecule has 1 saturated heterocycles. The number of fused-ring (bicyclic) bond motifs is 1. The summed E-state index contributed by atoms with van der Waals surface area (Å²) in [6, 6.07) is 3.86. The third-order valence-electron chi connectivity index (χ3n) is 3.06. The highest BCUT2D eigenvalue weighted by Crippen LogP contribution is 2.14. The molecule has 2 aromatic rings. The van der Waals surface area contributed by atoms with Crippen LogP contribution in [0.4, 0.5) is 5.82 Å². The number of nitrogens with one attached hydrogen (secondary N) is 1. The zero-order chi connectivity index (χ0) is 12.5. The smallest absolute Gasteiger partial charge is 0.234 e. The van der Waals surface area contributed by atoms with Gasteiger partial charge < -0.3 is 11.1 Å². The lowest BCUT2D eigenvalue weighted by molar-refractivity contribution is -0.124. The zero-order valence-corrected chi connectivity index (χ0v) is 9.83. The molecule has 0 aliphatic carbocycles. The number of aromatic nitrogens is 3. The van der Waals surface area contributed by atoms with Crippen LogP contribution in [0.1, 0.15) is 5.69 Å². The highest BCUT2D eigenvalue weighted by molar-refractivity contribution is 5.78. The Morgan fingerprint density at radius 2 is 2.33 bits per heavy atom. The minimum absolute atomic E-state index is 0.0660. The fourth-order valence-electron chi connectivity index (χ4n) is 2.18. The van der Waals surface area contributed by atoms with Crippen LogP contribution in [0, 0.1) is 0 Å². The van der Waals surface area contributed by atoms with E-state index < -0.39 is 0 Å². The van der Waals surface area contributed by atoms with E-state index in [-0.39, 0.29) is 5.91 Å². The molecule has 0 saturated carbocycles. The Bertz CT molecular complexity index is 592. The van der Waals surface area contributed by atoms with Gasteiger partial charge in [-0.1, -0.05) is 0 Å². The summed E-state index contributed by atoms with van der Waals surface area (Å²) in [6.07, 6.45) is 1.44. The van der Waals surface area contributed by atoms with Crippen LogP contribution < -0.4 is 11.1 Å². The van der Waals surface area contributed by atoms with Crippen molar-refractivity contribution in [3.05, 3.63) is 24.2 Å². The summed E-state index contributed by atoms with van der Waals surface area (Å²) in [6.45, 7) is 2.64. The van der Waals surface area contributed by atoms with Gasteiger partial charge in [0.1, 0.15) is 11.8 Å². The molecule has 0 bridgehead atoms. The van der Waals surface area contributed by atoms with Gasteiger partial charge in [0.15, 0.2) is 5.82 Å². The van der Waals surface area contributed by atoms with Crippen molar-refractivity contribution < 1.29 is 4.79 Å². The van der Waals surface area contributed by atoms with Gasteiger partial charge in [-0.25, -0.2) is 9.50 Å². The van der Waals surface area contributed by atoms with Gasteiger partial charge >= 0.3 is 0 Å². The Hall–Kier alpha value is -2.15. The summed E-state index contributed by atoms with van der Waals surface area (Å²) in [5.74, 6) is 0.531. The molecule has 1 aliphatic rings. The summed E-state index contributed by atoms with van der Waals surface area (Å²) < 4.78 is 1.77. The molecule has 3 heterocycles. The van der Waals surface area contributed by atoms with Gasteiger partial charge in [-0.05, 0) is 12.1 Å². The molecule has 0 radical (unpaired) electrons. The summed E-state index contributed by atoms with van der Waals surface area (Å²) in [5.41, 5.74) is 7.58. The lowest BCUT2D eigenvalue weighted by Crippen LogP contribution is -2.47. The lowest BCUT2D eigenvalue weighted by Gasteiger charge is -2.25. The fraction of sp³-hybridized carbons (Fsp3) is 0.364. The maximum atomic E-state index is 11.3. The Morgan fingerprint density at radius 1 is 1.44 bits per heavy atom. The molecule has 7 heteroatoms. The van der Waals surface area contributed by atoms with E-state index in [9.17, 15) is 4.79 Å². The van der Waals surface area contributed by atoms with E-state index in [2.05, 4.69) is 20.3 Å². The van der Waals surface area contributed by atoms with E-state index in [1.807, 2.05) is 12.1 Å². The van der Waals surface area contributed by atoms with Crippen LogP contribution in [0.15, 0.2) is 18.5 Å². The van der Waals surface area contributed by atoms with Crippen molar-refractivity contribution in [2.45, 2.75) is 6.54 Å². The maximum absolute atomic E-state index is 11.3. The minimum Gasteiger partial charge on any atom is -0.382 e. The largest absolute Gasteiger partial charge is 0.382 e. The van der Waals surface area contributed by atoms with Crippen molar-refractivity contribution in [1.82, 2.24) is 24.8 Å². The van der Waals surface area contributed by atoms with E-state index in [1.54, 1.807) is 4.52 Å². The Labute approximate surface area is 104 Å². The van der Waals surface area contributed by atoms with Crippen LogP contribution >= 0.6 is 0 Å². The van der Waals surface area contributed by atoms with Crippen molar-refractivity contribution in [2.24, 2.45) is 0 Å². The first-order valence-electron chi connectivity index (χ1n) is 5.80. The van der Waals surface area contributed by atoms with Gasteiger partial charge in [0.2, 0.25) is 5.91 Å². The number of nitrogens with zero attached hydrogens (tertiary/aromatic N) is 4. The number of carbonyl (C=O) groups excluding carboxylic acids is 1. The fourth-order valence-corrected chi connectivity index (χ4v) is 2.18. The second kappa shape index (κ2) is 4.26. The van der Waals surface area contributed by atoms with Crippen LogP contribution in [0.25, 0.3) is 5.52 Å². The maximum Gasteiger partial charge on any atom is 0.234 e. The Balaban J connectivity index is 1.86. The first-order valence-corrected chi connectivity index (χ1v) is 5.80. The molecular weight excluding hydrogens is 232 g/mol. The van der Waals surface area contributed by atoms with E-state index in [4.69, 9.17) is 5.73 Å². The molecule has 0 atom stereocenters. The van der Waals surface area contributed by atoms with Crippen LogP contribution in [-0.4, -0.2) is 45.0 Å². The quantitative estimate of drug-likeness (QED) is 0.727. The molecule has 7 nitrogen and oxygen atoms in total. The number of nitrogens with two attached hydrogens (primary N) is 1. The van der Waals surface area contributed by atoms with Gasteiger partial charge in [-0.2, -0.15) is 5.10 Å². The topological polar surface area (TPSA) is 88.5 Å². The number of hydrogen-bond donors (Lipinski definition) is 2.